The number of carbonyl (C=O) groups is 1. The summed E-state index contributed by atoms with van der Waals surface area (Å²) in [5.74, 6) is -0.583. The van der Waals surface area contributed by atoms with Gasteiger partial charge in [0.1, 0.15) is 19.8 Å². The van der Waals surface area contributed by atoms with E-state index in [0.29, 0.717) is 11.0 Å². The highest BCUT2D eigenvalue weighted by Crippen LogP contribution is 2.38. The van der Waals surface area contributed by atoms with Gasteiger partial charge in [-0.3, -0.25) is 4.57 Å². The molecule has 0 bridgehead atoms. The molecule has 55 heavy (non-hydrogen) atoms. The van der Waals surface area contributed by atoms with Crippen LogP contribution in [0.1, 0.15) is 200 Å². The Labute approximate surface area is 340 Å². The monoisotopic (exact) mass is 798 g/mol. The van der Waals surface area contributed by atoms with Crippen LogP contribution in [0, 0.1) is 0 Å². The molecular formula is C46H88NO7P. The fraction of sp³-hybridized carbons (Fsp3) is 0.848. The zero-order valence-corrected chi connectivity index (χ0v) is 37.5. The van der Waals surface area contributed by atoms with Crippen LogP contribution in [0.5, 0.6) is 0 Å². The van der Waals surface area contributed by atoms with Crippen molar-refractivity contribution in [2.24, 2.45) is 0 Å². The van der Waals surface area contributed by atoms with Crippen LogP contribution >= 0.6 is 7.82 Å². The van der Waals surface area contributed by atoms with Gasteiger partial charge in [-0.05, 0) is 31.8 Å². The lowest BCUT2D eigenvalue weighted by molar-refractivity contribution is -0.870. The Balaban J connectivity index is 4.34. The number of hydrogen-bond donors (Lipinski definition) is 0. The van der Waals surface area contributed by atoms with E-state index in [1.807, 2.05) is 33.3 Å². The Morgan fingerprint density at radius 2 is 1.00 bits per heavy atom. The average molecular weight is 798 g/mol. The summed E-state index contributed by atoms with van der Waals surface area (Å²) in [5.41, 5.74) is 0. The molecule has 0 aromatic carbocycles. The molecule has 0 saturated carbocycles. The zero-order valence-electron chi connectivity index (χ0n) is 36.6. The van der Waals surface area contributed by atoms with Crippen molar-refractivity contribution in [2.45, 2.75) is 206 Å². The van der Waals surface area contributed by atoms with E-state index in [0.717, 1.165) is 25.7 Å². The molecule has 0 radical (unpaired) electrons. The number of allylic oxidation sites excluding steroid dienone is 4. The molecule has 0 aliphatic heterocycles. The highest BCUT2D eigenvalue weighted by atomic mass is 31.2. The molecule has 9 heteroatoms. The van der Waals surface area contributed by atoms with Crippen LogP contribution in [0.15, 0.2) is 36.6 Å². The van der Waals surface area contributed by atoms with Gasteiger partial charge in [-0.15, -0.1) is 0 Å². The molecule has 0 spiro atoms. The zero-order chi connectivity index (χ0) is 40.6. The van der Waals surface area contributed by atoms with E-state index in [-0.39, 0.29) is 19.8 Å². The summed E-state index contributed by atoms with van der Waals surface area (Å²) in [5, 5.41) is 0. The second-order valence-electron chi connectivity index (χ2n) is 16.6. The fourth-order valence-corrected chi connectivity index (χ4v) is 7.03. The molecule has 0 aliphatic carbocycles. The molecule has 0 rings (SSSR count). The molecule has 8 nitrogen and oxygen atoms in total. The molecule has 0 saturated heterocycles. The van der Waals surface area contributed by atoms with Gasteiger partial charge in [0.25, 0.3) is 7.82 Å². The Bertz CT molecular complexity index is 978. The van der Waals surface area contributed by atoms with Gasteiger partial charge in [-0.1, -0.05) is 193 Å². The topological polar surface area (TPSA) is 94.1 Å². The van der Waals surface area contributed by atoms with Crippen molar-refractivity contribution in [3.05, 3.63) is 36.6 Å². The smallest absolute Gasteiger partial charge is 0.331 e. The van der Waals surface area contributed by atoms with E-state index in [1.54, 1.807) is 12.3 Å². The van der Waals surface area contributed by atoms with Crippen LogP contribution < -0.4 is 4.89 Å². The number of likely N-dealkylation sites (N-methyl/N-ethyl adjacent to an activating group) is 1. The van der Waals surface area contributed by atoms with Gasteiger partial charge in [0.15, 0.2) is 6.10 Å². The molecule has 0 aliphatic rings. The average Bonchev–Trinajstić information content (AvgIpc) is 3.13. The summed E-state index contributed by atoms with van der Waals surface area (Å²) in [6, 6.07) is 0. The number of carbonyl (C=O) groups excluding carboxylic acids is 1. The summed E-state index contributed by atoms with van der Waals surface area (Å²) < 4.78 is 34.1. The molecule has 2 atom stereocenters. The summed E-state index contributed by atoms with van der Waals surface area (Å²) >= 11 is 0. The van der Waals surface area contributed by atoms with Crippen molar-refractivity contribution in [1.29, 1.82) is 0 Å². The lowest BCUT2D eigenvalue weighted by atomic mass is 10.0. The van der Waals surface area contributed by atoms with Gasteiger partial charge in [-0.2, -0.15) is 0 Å². The third-order valence-corrected chi connectivity index (χ3v) is 10.8. The van der Waals surface area contributed by atoms with Crippen molar-refractivity contribution >= 4 is 13.8 Å². The number of esters is 1. The summed E-state index contributed by atoms with van der Waals surface area (Å²) in [6.07, 6.45) is 47.4. The lowest BCUT2D eigenvalue weighted by Crippen LogP contribution is -2.37. The summed E-state index contributed by atoms with van der Waals surface area (Å²) in [4.78, 5) is 24.9. The normalized spacial score (nSPS) is 14.0. The minimum atomic E-state index is -4.56. The van der Waals surface area contributed by atoms with Crippen LogP contribution in [0.3, 0.4) is 0 Å². The van der Waals surface area contributed by atoms with E-state index in [2.05, 4.69) is 19.9 Å². The van der Waals surface area contributed by atoms with E-state index in [1.165, 1.54) is 167 Å². The van der Waals surface area contributed by atoms with Crippen molar-refractivity contribution in [3.63, 3.8) is 0 Å². The first-order valence-electron chi connectivity index (χ1n) is 22.8. The van der Waals surface area contributed by atoms with Crippen molar-refractivity contribution in [1.82, 2.24) is 0 Å². The van der Waals surface area contributed by atoms with Crippen LogP contribution in [0.2, 0.25) is 0 Å². The Kier molecular flexibility index (Phi) is 38.4. The number of nitrogens with zero attached hydrogens (tertiary/aromatic N) is 1. The van der Waals surface area contributed by atoms with Crippen LogP contribution in [-0.4, -0.2) is 64.1 Å². The molecule has 0 fully saturated rings. The molecule has 324 valence electrons. The third kappa shape index (κ3) is 43.5. The standard InChI is InChI=1S/C46H88NO7P/c1-6-8-10-12-14-16-18-20-22-23-24-26-28-30-32-34-36-38-41-51-43-45(44-53-55(49,50)52-42-40-47(3,4)5)54-46(48)39-37-35-33-31-29-27-25-21-19-17-15-13-11-9-7-2/h33,35,37-39,41,45H,6-32,34,36,40,42-44H2,1-5H3/b35-33+,39-37+,41-38+/t45-/m1/s1. The van der Waals surface area contributed by atoms with E-state index >= 15 is 0 Å². The highest BCUT2D eigenvalue weighted by molar-refractivity contribution is 7.45. The lowest BCUT2D eigenvalue weighted by Gasteiger charge is -2.28. The largest absolute Gasteiger partial charge is 0.756 e. The summed E-state index contributed by atoms with van der Waals surface area (Å²) in [6.45, 7) is 4.63. The van der Waals surface area contributed by atoms with Crippen molar-refractivity contribution in [3.8, 4) is 0 Å². The number of rotatable bonds is 42. The van der Waals surface area contributed by atoms with Gasteiger partial charge in [0, 0.05) is 6.08 Å². The molecule has 0 amide bonds. The Morgan fingerprint density at radius 3 is 1.44 bits per heavy atom. The highest BCUT2D eigenvalue weighted by Gasteiger charge is 2.19. The first kappa shape index (κ1) is 53.6. The summed E-state index contributed by atoms with van der Waals surface area (Å²) in [7, 11) is 1.28. The molecule has 0 aromatic rings. The predicted molar refractivity (Wildman–Crippen MR) is 231 cm³/mol. The maximum atomic E-state index is 12.6. The Hall–Kier alpha value is -1.44. The number of ether oxygens (including phenoxy) is 2. The van der Waals surface area contributed by atoms with E-state index in [4.69, 9.17) is 18.5 Å². The van der Waals surface area contributed by atoms with Crippen LogP contribution in [0.25, 0.3) is 0 Å². The van der Waals surface area contributed by atoms with Crippen LogP contribution in [0.4, 0.5) is 0 Å². The maximum absolute atomic E-state index is 12.6. The van der Waals surface area contributed by atoms with Gasteiger partial charge < -0.3 is 27.9 Å². The molecular weight excluding hydrogens is 709 g/mol. The fourth-order valence-electron chi connectivity index (χ4n) is 6.30. The number of hydrogen-bond acceptors (Lipinski definition) is 7. The minimum absolute atomic E-state index is 0.00158. The van der Waals surface area contributed by atoms with Gasteiger partial charge >= 0.3 is 5.97 Å². The molecule has 0 aromatic heterocycles. The molecule has 0 heterocycles. The number of phosphoric ester groups is 1. The maximum Gasteiger partial charge on any atom is 0.331 e. The second kappa shape index (κ2) is 39.4. The number of quaternary nitrogens is 1. The first-order chi connectivity index (χ1) is 26.6. The molecule has 1 unspecified atom stereocenters. The number of phosphoric acid groups is 1. The van der Waals surface area contributed by atoms with Gasteiger partial charge in [0.2, 0.25) is 0 Å². The Morgan fingerprint density at radius 1 is 0.582 bits per heavy atom. The third-order valence-electron chi connectivity index (χ3n) is 9.87. The predicted octanol–water partition coefficient (Wildman–Crippen LogP) is 13.1. The van der Waals surface area contributed by atoms with Crippen molar-refractivity contribution in [2.75, 3.05) is 47.5 Å². The van der Waals surface area contributed by atoms with Gasteiger partial charge in [-0.25, -0.2) is 4.79 Å². The quantitative estimate of drug-likeness (QED) is 0.0115. The minimum Gasteiger partial charge on any atom is -0.756 e. The first-order valence-corrected chi connectivity index (χ1v) is 24.3. The second-order valence-corrected chi connectivity index (χ2v) is 18.0. The van der Waals surface area contributed by atoms with Crippen LogP contribution in [-0.2, 0) is 27.9 Å². The van der Waals surface area contributed by atoms with Gasteiger partial charge in [0.05, 0.1) is 34.0 Å². The number of unbranched alkanes of at least 4 members (excludes halogenated alkanes) is 27. The van der Waals surface area contributed by atoms with E-state index < -0.39 is 19.9 Å². The van der Waals surface area contributed by atoms with E-state index in [9.17, 15) is 14.3 Å². The molecule has 0 N–H and O–H groups in total. The SMILES string of the molecule is CCCCCCCCCCCCC/C=C/C=C/C(=O)O[C@H](CO/C=C/CCCCCCCCCCCCCCCCCC)COP(=O)([O-])OCC[N+](C)(C)C. The van der Waals surface area contributed by atoms with Crippen molar-refractivity contribution < 1.29 is 37.3 Å².